The van der Waals surface area contributed by atoms with Gasteiger partial charge in [0.25, 0.3) is 0 Å². The second-order valence-electron chi connectivity index (χ2n) is 6.13. The number of nitrogens with one attached hydrogen (secondary N) is 2. The molecule has 0 saturated heterocycles. The summed E-state index contributed by atoms with van der Waals surface area (Å²) in [6.45, 7) is 6.87. The molecule has 2 amide bonds. The SMILES string of the molecule is COC(=O)[C@@H](C)NC(=O)NCc1cccn1Cc1cc(C)ccc1C. The number of aryl methyl sites for hydroxylation is 2. The van der Waals surface area contributed by atoms with Gasteiger partial charge in [0.15, 0.2) is 0 Å². The highest BCUT2D eigenvalue weighted by molar-refractivity contribution is 5.83. The Morgan fingerprint density at radius 1 is 1.24 bits per heavy atom. The monoisotopic (exact) mass is 343 g/mol. The third kappa shape index (κ3) is 5.11. The van der Waals surface area contributed by atoms with Gasteiger partial charge in [-0.2, -0.15) is 0 Å². The van der Waals surface area contributed by atoms with Gasteiger partial charge in [-0.05, 0) is 44.0 Å². The first kappa shape index (κ1) is 18.6. The van der Waals surface area contributed by atoms with Crippen molar-refractivity contribution in [1.29, 1.82) is 0 Å². The largest absolute Gasteiger partial charge is 0.467 e. The molecule has 25 heavy (non-hydrogen) atoms. The minimum Gasteiger partial charge on any atom is -0.467 e. The number of ether oxygens (including phenoxy) is 1. The molecule has 0 saturated carbocycles. The molecule has 0 aliphatic heterocycles. The number of esters is 1. The Kier molecular flexibility index (Phi) is 6.22. The number of rotatable bonds is 6. The van der Waals surface area contributed by atoms with Crippen LogP contribution in [-0.4, -0.2) is 29.7 Å². The minimum absolute atomic E-state index is 0.373. The molecule has 0 aliphatic rings. The van der Waals surface area contributed by atoms with Crippen molar-refractivity contribution in [1.82, 2.24) is 15.2 Å². The molecule has 0 bridgehead atoms. The lowest BCUT2D eigenvalue weighted by atomic mass is 10.1. The van der Waals surface area contributed by atoms with Gasteiger partial charge in [0.2, 0.25) is 0 Å². The maximum Gasteiger partial charge on any atom is 0.328 e. The summed E-state index contributed by atoms with van der Waals surface area (Å²) in [7, 11) is 1.29. The highest BCUT2D eigenvalue weighted by atomic mass is 16.5. The second kappa shape index (κ2) is 8.37. The predicted octanol–water partition coefficient (Wildman–Crippen LogP) is 2.51. The van der Waals surface area contributed by atoms with Crippen LogP contribution in [0.3, 0.4) is 0 Å². The number of aromatic nitrogens is 1. The second-order valence-corrected chi connectivity index (χ2v) is 6.13. The van der Waals surface area contributed by atoms with E-state index in [-0.39, 0.29) is 0 Å². The zero-order chi connectivity index (χ0) is 18.4. The Labute approximate surface area is 148 Å². The van der Waals surface area contributed by atoms with E-state index in [1.54, 1.807) is 6.92 Å². The molecule has 1 atom stereocenters. The van der Waals surface area contributed by atoms with Crippen molar-refractivity contribution in [2.45, 2.75) is 39.9 Å². The zero-order valence-corrected chi connectivity index (χ0v) is 15.1. The van der Waals surface area contributed by atoms with Gasteiger partial charge in [0.1, 0.15) is 6.04 Å². The van der Waals surface area contributed by atoms with Gasteiger partial charge >= 0.3 is 12.0 Å². The van der Waals surface area contributed by atoms with E-state index in [0.717, 1.165) is 12.2 Å². The fourth-order valence-electron chi connectivity index (χ4n) is 2.57. The van der Waals surface area contributed by atoms with Crippen LogP contribution in [0, 0.1) is 13.8 Å². The van der Waals surface area contributed by atoms with Crippen LogP contribution in [0.25, 0.3) is 0 Å². The normalized spacial score (nSPS) is 11.7. The van der Waals surface area contributed by atoms with Gasteiger partial charge in [0, 0.05) is 18.4 Å². The number of nitrogens with zero attached hydrogens (tertiary/aromatic N) is 1. The van der Waals surface area contributed by atoms with Gasteiger partial charge in [0.05, 0.1) is 13.7 Å². The van der Waals surface area contributed by atoms with Crippen LogP contribution in [0.1, 0.15) is 29.3 Å². The Morgan fingerprint density at radius 2 is 2.00 bits per heavy atom. The first-order valence-electron chi connectivity index (χ1n) is 8.23. The molecule has 2 N–H and O–H groups in total. The van der Waals surface area contributed by atoms with E-state index >= 15 is 0 Å². The van der Waals surface area contributed by atoms with Crippen LogP contribution in [-0.2, 0) is 22.6 Å². The highest BCUT2D eigenvalue weighted by Gasteiger charge is 2.15. The van der Waals surface area contributed by atoms with Gasteiger partial charge in [-0.25, -0.2) is 9.59 Å². The van der Waals surface area contributed by atoms with Crippen LogP contribution in [0.2, 0.25) is 0 Å². The first-order valence-corrected chi connectivity index (χ1v) is 8.23. The molecule has 2 aromatic rings. The summed E-state index contributed by atoms with van der Waals surface area (Å²) in [6.07, 6.45) is 1.99. The minimum atomic E-state index is -0.688. The lowest BCUT2D eigenvalue weighted by Crippen LogP contribution is -2.44. The molecule has 0 fully saturated rings. The van der Waals surface area contributed by atoms with Crippen molar-refractivity contribution < 1.29 is 14.3 Å². The molecule has 1 aromatic carbocycles. The van der Waals surface area contributed by atoms with E-state index in [1.807, 2.05) is 18.3 Å². The van der Waals surface area contributed by atoms with Gasteiger partial charge < -0.3 is 19.9 Å². The Balaban J connectivity index is 1.96. The number of urea groups is 1. The summed E-state index contributed by atoms with van der Waals surface area (Å²) in [4.78, 5) is 23.2. The van der Waals surface area contributed by atoms with Gasteiger partial charge in [-0.15, -0.1) is 0 Å². The Hall–Kier alpha value is -2.76. The maximum atomic E-state index is 11.9. The molecule has 134 valence electrons. The molecule has 1 aromatic heterocycles. The number of benzene rings is 1. The third-order valence-electron chi connectivity index (χ3n) is 4.10. The van der Waals surface area contributed by atoms with Crippen molar-refractivity contribution in [2.24, 2.45) is 0 Å². The fourth-order valence-corrected chi connectivity index (χ4v) is 2.57. The van der Waals surface area contributed by atoms with E-state index in [4.69, 9.17) is 0 Å². The Bertz CT molecular complexity index is 752. The lowest BCUT2D eigenvalue weighted by Gasteiger charge is -2.15. The average Bonchev–Trinajstić information content (AvgIpc) is 3.02. The van der Waals surface area contributed by atoms with Crippen molar-refractivity contribution in [3.8, 4) is 0 Å². The van der Waals surface area contributed by atoms with Gasteiger partial charge in [-0.1, -0.05) is 23.8 Å². The standard InChI is InChI=1S/C19H25N3O3/c1-13-7-8-14(2)16(10-13)12-22-9-5-6-17(22)11-20-19(24)21-15(3)18(23)25-4/h5-10,15H,11-12H2,1-4H3,(H2,20,21,24)/t15-/m1/s1. The van der Waals surface area contributed by atoms with Crippen LogP contribution >= 0.6 is 0 Å². The molecule has 2 rings (SSSR count). The van der Waals surface area contributed by atoms with Crippen LogP contribution in [0.15, 0.2) is 36.5 Å². The molecular weight excluding hydrogens is 318 g/mol. The molecule has 0 unspecified atom stereocenters. The predicted molar refractivity (Wildman–Crippen MR) is 96.3 cm³/mol. The van der Waals surface area contributed by atoms with Crippen LogP contribution in [0.5, 0.6) is 0 Å². The van der Waals surface area contributed by atoms with E-state index in [2.05, 4.69) is 52.0 Å². The van der Waals surface area contributed by atoms with Crippen molar-refractivity contribution >= 4 is 12.0 Å². The summed E-state index contributed by atoms with van der Waals surface area (Å²) in [5.41, 5.74) is 4.70. The van der Waals surface area contributed by atoms with Crippen LogP contribution in [0.4, 0.5) is 4.79 Å². The van der Waals surface area contributed by atoms with E-state index in [0.29, 0.717) is 6.54 Å². The third-order valence-corrected chi connectivity index (χ3v) is 4.10. The summed E-state index contributed by atoms with van der Waals surface area (Å²) in [5, 5.41) is 5.31. The zero-order valence-electron chi connectivity index (χ0n) is 15.1. The van der Waals surface area contributed by atoms with Gasteiger partial charge in [-0.3, -0.25) is 0 Å². The lowest BCUT2D eigenvalue weighted by molar-refractivity contribution is -0.142. The summed E-state index contributed by atoms with van der Waals surface area (Å²) in [5.74, 6) is -0.478. The smallest absolute Gasteiger partial charge is 0.328 e. The molecule has 0 aliphatic carbocycles. The van der Waals surface area contributed by atoms with Crippen LogP contribution < -0.4 is 10.6 Å². The molecule has 0 spiro atoms. The topological polar surface area (TPSA) is 72.4 Å². The molecule has 0 radical (unpaired) electrons. The molecule has 1 heterocycles. The number of carbonyl (C=O) groups is 2. The number of carbonyl (C=O) groups excluding carboxylic acids is 2. The quantitative estimate of drug-likeness (QED) is 0.792. The van der Waals surface area contributed by atoms with Crippen molar-refractivity contribution in [3.05, 3.63) is 58.9 Å². The number of amides is 2. The van der Waals surface area contributed by atoms with Crippen molar-refractivity contribution in [2.75, 3.05) is 7.11 Å². The van der Waals surface area contributed by atoms with E-state index < -0.39 is 18.0 Å². The fraction of sp³-hybridized carbons (Fsp3) is 0.368. The summed E-state index contributed by atoms with van der Waals surface area (Å²) in [6, 6.07) is 9.23. The maximum absolute atomic E-state index is 11.9. The molecule has 6 nitrogen and oxygen atoms in total. The van der Waals surface area contributed by atoms with E-state index in [9.17, 15) is 9.59 Å². The first-order chi connectivity index (χ1) is 11.9. The molecular formula is C19H25N3O3. The number of methoxy groups -OCH3 is 1. The highest BCUT2D eigenvalue weighted by Crippen LogP contribution is 2.14. The van der Waals surface area contributed by atoms with Crippen molar-refractivity contribution in [3.63, 3.8) is 0 Å². The summed E-state index contributed by atoms with van der Waals surface area (Å²) < 4.78 is 6.69. The average molecular weight is 343 g/mol. The number of hydrogen-bond acceptors (Lipinski definition) is 3. The van der Waals surface area contributed by atoms with E-state index in [1.165, 1.54) is 23.8 Å². The Morgan fingerprint density at radius 3 is 2.72 bits per heavy atom. The molecule has 6 heteroatoms. The summed E-state index contributed by atoms with van der Waals surface area (Å²) >= 11 is 0. The number of hydrogen-bond donors (Lipinski definition) is 2.